The Kier molecular flexibility index (Phi) is 3.93. The number of urea groups is 1. The van der Waals surface area contributed by atoms with Crippen LogP contribution in [0.1, 0.15) is 5.56 Å². The quantitative estimate of drug-likeness (QED) is 0.375. The molecule has 0 unspecified atom stereocenters. The van der Waals surface area contributed by atoms with E-state index < -0.39 is 16.9 Å². The predicted molar refractivity (Wildman–Crippen MR) is 94.7 cm³/mol. The molecular formula is C17H10ClN3O6. The Morgan fingerprint density at radius 1 is 1.15 bits per heavy atom. The Bertz CT molecular complexity index is 1020. The maximum Gasteiger partial charge on any atom is 0.333 e. The van der Waals surface area contributed by atoms with Crippen molar-refractivity contribution in [1.82, 2.24) is 5.32 Å². The second-order valence-corrected chi connectivity index (χ2v) is 6.06. The summed E-state index contributed by atoms with van der Waals surface area (Å²) in [5.41, 5.74) is 0.0481. The van der Waals surface area contributed by atoms with Crippen molar-refractivity contribution >= 4 is 41.0 Å². The third-order valence-electron chi connectivity index (χ3n) is 3.98. The maximum atomic E-state index is 12.6. The van der Waals surface area contributed by atoms with Crippen molar-refractivity contribution in [1.29, 1.82) is 0 Å². The summed E-state index contributed by atoms with van der Waals surface area (Å²) in [5, 5.41) is 14.2. The van der Waals surface area contributed by atoms with Gasteiger partial charge in [0.05, 0.1) is 22.2 Å². The zero-order chi connectivity index (χ0) is 19.1. The summed E-state index contributed by atoms with van der Waals surface area (Å²) >= 11 is 5.82. The number of anilines is 1. The van der Waals surface area contributed by atoms with Gasteiger partial charge >= 0.3 is 6.03 Å². The smallest absolute Gasteiger partial charge is 0.333 e. The summed E-state index contributed by atoms with van der Waals surface area (Å²) in [6.45, 7) is -0.0491. The van der Waals surface area contributed by atoms with Crippen molar-refractivity contribution in [2.45, 2.75) is 0 Å². The zero-order valence-corrected chi connectivity index (χ0v) is 14.2. The van der Waals surface area contributed by atoms with E-state index in [9.17, 15) is 19.7 Å². The minimum atomic E-state index is -0.669. The Labute approximate surface area is 156 Å². The maximum absolute atomic E-state index is 12.6. The molecule has 0 atom stereocenters. The van der Waals surface area contributed by atoms with E-state index in [2.05, 4.69) is 5.32 Å². The van der Waals surface area contributed by atoms with Gasteiger partial charge in [-0.1, -0.05) is 11.6 Å². The number of imide groups is 1. The standard InChI is InChI=1S/C17H10ClN3O6/c18-10-1-3-11(4-2-10)20-16(22)12(19-17(20)23)5-9-6-14-15(27-8-26-14)7-13(9)21(24)25/h1-7H,8H2,(H,19,23)/b12-5-. The van der Waals surface area contributed by atoms with E-state index in [1.165, 1.54) is 30.3 Å². The minimum absolute atomic E-state index is 0.0491. The normalized spacial score (nSPS) is 16.8. The first-order valence-electron chi connectivity index (χ1n) is 7.65. The number of carbonyl (C=O) groups is 2. The van der Waals surface area contributed by atoms with Gasteiger partial charge in [-0.25, -0.2) is 9.69 Å². The molecule has 0 bridgehead atoms. The fourth-order valence-electron chi connectivity index (χ4n) is 2.74. The van der Waals surface area contributed by atoms with Gasteiger partial charge in [-0.3, -0.25) is 14.9 Å². The van der Waals surface area contributed by atoms with Crippen LogP contribution in [0.2, 0.25) is 5.02 Å². The molecule has 0 radical (unpaired) electrons. The first kappa shape index (κ1) is 16.9. The second-order valence-electron chi connectivity index (χ2n) is 5.63. The lowest BCUT2D eigenvalue weighted by Crippen LogP contribution is -2.30. The van der Waals surface area contributed by atoms with Crippen LogP contribution < -0.4 is 19.7 Å². The van der Waals surface area contributed by atoms with Crippen LogP contribution in [0.3, 0.4) is 0 Å². The first-order valence-corrected chi connectivity index (χ1v) is 8.02. The van der Waals surface area contributed by atoms with E-state index in [0.717, 1.165) is 4.90 Å². The van der Waals surface area contributed by atoms with E-state index >= 15 is 0 Å². The zero-order valence-electron chi connectivity index (χ0n) is 13.5. The van der Waals surface area contributed by atoms with Crippen molar-refractivity contribution in [3.8, 4) is 11.5 Å². The van der Waals surface area contributed by atoms with E-state index in [4.69, 9.17) is 21.1 Å². The Hall–Kier alpha value is -3.59. The number of nitrogens with one attached hydrogen (secondary N) is 1. The molecule has 1 fully saturated rings. The summed E-state index contributed by atoms with van der Waals surface area (Å²) in [6.07, 6.45) is 1.23. The lowest BCUT2D eigenvalue weighted by Gasteiger charge is -2.11. The first-order chi connectivity index (χ1) is 12.9. The molecule has 1 N–H and O–H groups in total. The highest BCUT2D eigenvalue weighted by Gasteiger charge is 2.35. The van der Waals surface area contributed by atoms with Gasteiger partial charge in [0.1, 0.15) is 5.70 Å². The molecule has 4 rings (SSSR count). The van der Waals surface area contributed by atoms with Crippen LogP contribution in [0, 0.1) is 10.1 Å². The number of hydrogen-bond donors (Lipinski definition) is 1. The average Bonchev–Trinajstić information content (AvgIpc) is 3.19. The number of halogens is 1. The predicted octanol–water partition coefficient (Wildman–Crippen LogP) is 3.07. The summed E-state index contributed by atoms with van der Waals surface area (Å²) in [7, 11) is 0. The third kappa shape index (κ3) is 2.93. The number of nitro groups is 1. The molecule has 27 heavy (non-hydrogen) atoms. The molecule has 2 aromatic carbocycles. The number of carbonyl (C=O) groups excluding carboxylic acids is 2. The number of benzene rings is 2. The van der Waals surface area contributed by atoms with Crippen LogP contribution in [0.25, 0.3) is 6.08 Å². The molecule has 9 nitrogen and oxygen atoms in total. The highest BCUT2D eigenvalue weighted by molar-refractivity contribution is 6.31. The molecule has 0 aromatic heterocycles. The van der Waals surface area contributed by atoms with Gasteiger partial charge in [0.15, 0.2) is 11.5 Å². The van der Waals surface area contributed by atoms with Crippen LogP contribution >= 0.6 is 11.6 Å². The van der Waals surface area contributed by atoms with Crippen LogP contribution in [0.5, 0.6) is 11.5 Å². The fourth-order valence-corrected chi connectivity index (χ4v) is 2.86. The van der Waals surface area contributed by atoms with Gasteiger partial charge in [-0.05, 0) is 36.4 Å². The number of fused-ring (bicyclic) bond motifs is 1. The summed E-state index contributed by atoms with van der Waals surface area (Å²) < 4.78 is 10.4. The largest absolute Gasteiger partial charge is 0.454 e. The van der Waals surface area contributed by atoms with E-state index in [-0.39, 0.29) is 29.5 Å². The lowest BCUT2D eigenvalue weighted by molar-refractivity contribution is -0.385. The molecule has 2 aliphatic heterocycles. The molecule has 2 aliphatic rings. The number of amides is 3. The molecule has 0 aliphatic carbocycles. The van der Waals surface area contributed by atoms with Crippen molar-refractivity contribution in [3.05, 3.63) is 62.8 Å². The molecule has 3 amide bonds. The van der Waals surface area contributed by atoms with Crippen molar-refractivity contribution in [3.63, 3.8) is 0 Å². The van der Waals surface area contributed by atoms with E-state index in [1.54, 1.807) is 12.1 Å². The fraction of sp³-hybridized carbons (Fsp3) is 0.0588. The van der Waals surface area contributed by atoms with Gasteiger partial charge in [0.2, 0.25) is 6.79 Å². The second kappa shape index (κ2) is 6.29. The number of nitro benzene ring substituents is 1. The topological polar surface area (TPSA) is 111 Å². The summed E-state index contributed by atoms with van der Waals surface area (Å²) in [6, 6.07) is 8.06. The number of rotatable bonds is 3. The van der Waals surface area contributed by atoms with Gasteiger partial charge < -0.3 is 14.8 Å². The van der Waals surface area contributed by atoms with Gasteiger partial charge in [-0.15, -0.1) is 0 Å². The Morgan fingerprint density at radius 3 is 2.48 bits per heavy atom. The molecule has 2 heterocycles. The highest BCUT2D eigenvalue weighted by atomic mass is 35.5. The van der Waals surface area contributed by atoms with Crippen molar-refractivity contribution < 1.29 is 24.0 Å². The summed E-state index contributed by atoms with van der Waals surface area (Å²) in [4.78, 5) is 36.5. The van der Waals surface area contributed by atoms with Crippen molar-refractivity contribution in [2.24, 2.45) is 0 Å². The monoisotopic (exact) mass is 387 g/mol. The van der Waals surface area contributed by atoms with E-state index in [0.29, 0.717) is 16.5 Å². The molecule has 136 valence electrons. The molecule has 2 aromatic rings. The minimum Gasteiger partial charge on any atom is -0.454 e. The number of ether oxygens (including phenoxy) is 2. The number of hydrogen-bond acceptors (Lipinski definition) is 6. The molecule has 10 heteroatoms. The van der Waals surface area contributed by atoms with Gasteiger partial charge in [-0.2, -0.15) is 0 Å². The highest BCUT2D eigenvalue weighted by Crippen LogP contribution is 2.39. The van der Waals surface area contributed by atoms with Crippen LogP contribution in [0.4, 0.5) is 16.2 Å². The van der Waals surface area contributed by atoms with Crippen LogP contribution in [-0.4, -0.2) is 23.7 Å². The number of nitrogens with zero attached hydrogens (tertiary/aromatic N) is 2. The Balaban J connectivity index is 1.73. The average molecular weight is 388 g/mol. The molecule has 0 saturated carbocycles. The molecule has 0 spiro atoms. The summed E-state index contributed by atoms with van der Waals surface area (Å²) in [5.74, 6) is -0.0820. The Morgan fingerprint density at radius 2 is 1.81 bits per heavy atom. The SMILES string of the molecule is O=C1N/C(=C\c2cc3c(cc2[N+](=O)[O-])OCO3)C(=O)N1c1ccc(Cl)cc1. The van der Waals surface area contributed by atoms with Gasteiger partial charge in [0.25, 0.3) is 11.6 Å². The van der Waals surface area contributed by atoms with Crippen molar-refractivity contribution in [2.75, 3.05) is 11.7 Å². The molecule has 1 saturated heterocycles. The van der Waals surface area contributed by atoms with Crippen LogP contribution in [-0.2, 0) is 4.79 Å². The van der Waals surface area contributed by atoms with Gasteiger partial charge in [0, 0.05) is 5.02 Å². The molecular weight excluding hydrogens is 378 g/mol. The third-order valence-corrected chi connectivity index (χ3v) is 4.23. The van der Waals surface area contributed by atoms with E-state index in [1.807, 2.05) is 0 Å². The van der Waals surface area contributed by atoms with Crippen LogP contribution in [0.15, 0.2) is 42.1 Å². The lowest BCUT2D eigenvalue weighted by atomic mass is 10.1.